The predicted molar refractivity (Wildman–Crippen MR) is 66.4 cm³/mol. The first kappa shape index (κ1) is 57.4. The molecule has 0 aliphatic carbocycles. The van der Waals surface area contributed by atoms with Crippen molar-refractivity contribution in [3.63, 3.8) is 0 Å². The van der Waals surface area contributed by atoms with Crippen LogP contribution in [0.15, 0.2) is 0 Å². The first-order chi connectivity index (χ1) is 6.93. The molecule has 0 radical (unpaired) electrons. The topological polar surface area (TPSA) is 256 Å². The summed E-state index contributed by atoms with van der Waals surface area (Å²) in [6, 6.07) is 0. The van der Waals surface area contributed by atoms with E-state index in [-0.39, 0.29) is 59.9 Å². The van der Waals surface area contributed by atoms with E-state index in [0.29, 0.717) is 0 Å². The fourth-order valence-electron chi connectivity index (χ4n) is 0. The molecule has 0 rings (SSSR count). The molecule has 13 heteroatoms. The van der Waals surface area contributed by atoms with E-state index < -0.39 is 25.2 Å². The van der Waals surface area contributed by atoms with Crippen LogP contribution < -0.4 is 0 Å². The number of aliphatic hydroxyl groups excluding tert-OH is 4. The molecule has 0 spiro atoms. The second-order valence-electron chi connectivity index (χ2n) is 2.53. The normalized spacial score (nSPS) is 6.86. The van der Waals surface area contributed by atoms with Crippen molar-refractivity contribution >= 4 is 0 Å². The molecule has 0 fully saturated rings. The van der Waals surface area contributed by atoms with E-state index in [1.165, 1.54) is 27.7 Å². The molecule has 0 unspecified atom stereocenters. The SMILES string of the molecule is CC(O)O.CC(O)O.CC(O)O.CC(O)O.O.O.O.[Ti].[Ti]. The Kier molecular flexibility index (Phi) is 136. The maximum absolute atomic E-state index is 7.61. The Balaban J connectivity index is -0.0000000121. The minimum absolute atomic E-state index is 0. The van der Waals surface area contributed by atoms with Crippen molar-refractivity contribution in [1.82, 2.24) is 0 Å². The van der Waals surface area contributed by atoms with Gasteiger partial charge in [0, 0.05) is 43.4 Å². The summed E-state index contributed by atoms with van der Waals surface area (Å²) in [7, 11) is 0. The van der Waals surface area contributed by atoms with Crippen LogP contribution in [0.2, 0.25) is 0 Å². The third kappa shape index (κ3) is 7740. The number of rotatable bonds is 0. The second kappa shape index (κ2) is 49.7. The molecular weight excluding hydrogens is 368 g/mol. The average molecular weight is 398 g/mol. The standard InChI is InChI=1S/4C2H6O2.3H2O.2Ti/c4*1-2(3)4;;;;;/h4*2-4H,1H3;3*1H2;;. The molecule has 21 heavy (non-hydrogen) atoms. The van der Waals surface area contributed by atoms with Crippen LogP contribution in [0.25, 0.3) is 0 Å². The van der Waals surface area contributed by atoms with Gasteiger partial charge in [-0.05, 0) is 27.7 Å². The van der Waals surface area contributed by atoms with E-state index in [9.17, 15) is 0 Å². The first-order valence-electron chi connectivity index (χ1n) is 4.37. The summed E-state index contributed by atoms with van der Waals surface area (Å²) >= 11 is 0. The van der Waals surface area contributed by atoms with Crippen LogP contribution in [0.5, 0.6) is 0 Å². The number of hydrogen-bond donors (Lipinski definition) is 8. The summed E-state index contributed by atoms with van der Waals surface area (Å²) < 4.78 is 0. The molecule has 0 aromatic heterocycles. The van der Waals surface area contributed by atoms with Gasteiger partial charge in [0.25, 0.3) is 0 Å². The molecule has 0 aromatic rings. The molecule has 0 atom stereocenters. The van der Waals surface area contributed by atoms with Gasteiger partial charge < -0.3 is 57.3 Å². The predicted octanol–water partition coefficient (Wildman–Crippen LogP) is -5.21. The van der Waals surface area contributed by atoms with E-state index in [1.54, 1.807) is 0 Å². The van der Waals surface area contributed by atoms with Crippen molar-refractivity contribution in [3.05, 3.63) is 0 Å². The van der Waals surface area contributed by atoms with Gasteiger partial charge in [-0.2, -0.15) is 0 Å². The van der Waals surface area contributed by atoms with Crippen molar-refractivity contribution in [3.8, 4) is 0 Å². The van der Waals surface area contributed by atoms with Gasteiger partial charge in [0.05, 0.1) is 0 Å². The second-order valence-corrected chi connectivity index (χ2v) is 2.53. The van der Waals surface area contributed by atoms with E-state index in [2.05, 4.69) is 0 Å². The van der Waals surface area contributed by atoms with Crippen LogP contribution >= 0.6 is 0 Å². The van der Waals surface area contributed by atoms with Gasteiger partial charge in [0.15, 0.2) is 0 Å². The van der Waals surface area contributed by atoms with Gasteiger partial charge in [0.2, 0.25) is 0 Å². The summed E-state index contributed by atoms with van der Waals surface area (Å²) in [6.45, 7) is 5.11. The number of aliphatic hydroxyl groups is 8. The summed E-state index contributed by atoms with van der Waals surface area (Å²) in [5, 5.41) is 60.9. The smallest absolute Gasteiger partial charge is 0.148 e. The number of hydrogen-bond acceptors (Lipinski definition) is 8. The molecule has 0 saturated heterocycles. The van der Waals surface area contributed by atoms with Crippen LogP contribution in [0.3, 0.4) is 0 Å². The molecular formula is C8H30O11Ti2. The molecule has 0 saturated carbocycles. The Morgan fingerprint density at radius 3 is 0.381 bits per heavy atom. The minimum Gasteiger partial charge on any atom is -0.412 e. The van der Waals surface area contributed by atoms with Gasteiger partial charge in [0.1, 0.15) is 25.2 Å². The Labute approximate surface area is 153 Å². The molecule has 0 aliphatic rings. The summed E-state index contributed by atoms with van der Waals surface area (Å²) in [4.78, 5) is 0. The quantitative estimate of drug-likeness (QED) is 0.144. The van der Waals surface area contributed by atoms with Crippen LogP contribution in [-0.4, -0.2) is 82.4 Å². The molecule has 0 aliphatic heterocycles. The van der Waals surface area contributed by atoms with E-state index in [4.69, 9.17) is 40.9 Å². The van der Waals surface area contributed by atoms with Gasteiger partial charge in [-0.25, -0.2) is 0 Å². The Hall–Kier alpha value is 0.989. The third-order valence-electron chi connectivity index (χ3n) is 0. The van der Waals surface area contributed by atoms with Crippen molar-refractivity contribution in [2.24, 2.45) is 0 Å². The Morgan fingerprint density at radius 2 is 0.381 bits per heavy atom. The zero-order valence-electron chi connectivity index (χ0n) is 12.4. The van der Waals surface area contributed by atoms with Crippen molar-refractivity contribution in [1.29, 1.82) is 0 Å². The van der Waals surface area contributed by atoms with E-state index in [0.717, 1.165) is 0 Å². The molecule has 136 valence electrons. The van der Waals surface area contributed by atoms with Crippen LogP contribution in [0.1, 0.15) is 27.7 Å². The summed E-state index contributed by atoms with van der Waals surface area (Å²) in [6.07, 6.45) is -4.67. The zero-order valence-corrected chi connectivity index (χ0v) is 15.5. The first-order valence-corrected chi connectivity index (χ1v) is 4.37. The molecule has 0 heterocycles. The summed E-state index contributed by atoms with van der Waals surface area (Å²) in [5.74, 6) is 0. The average Bonchev–Trinajstić information content (AvgIpc) is 1.76. The van der Waals surface area contributed by atoms with Gasteiger partial charge in [-0.1, -0.05) is 0 Å². The largest absolute Gasteiger partial charge is 0.412 e. The van der Waals surface area contributed by atoms with Crippen molar-refractivity contribution in [2.75, 3.05) is 0 Å². The molecule has 0 bridgehead atoms. The van der Waals surface area contributed by atoms with Gasteiger partial charge in [-0.3, -0.25) is 0 Å². The van der Waals surface area contributed by atoms with Crippen LogP contribution in [0, 0.1) is 0 Å². The summed E-state index contributed by atoms with van der Waals surface area (Å²) in [5.41, 5.74) is 0. The third-order valence-corrected chi connectivity index (χ3v) is 0. The monoisotopic (exact) mass is 398 g/mol. The minimum atomic E-state index is -1.17. The van der Waals surface area contributed by atoms with Gasteiger partial charge >= 0.3 is 0 Å². The molecule has 11 nitrogen and oxygen atoms in total. The Morgan fingerprint density at radius 1 is 0.381 bits per heavy atom. The fraction of sp³-hybridized carbons (Fsp3) is 1.00. The molecule has 14 N–H and O–H groups in total. The van der Waals surface area contributed by atoms with Crippen LogP contribution in [0.4, 0.5) is 0 Å². The zero-order chi connectivity index (χ0) is 14.3. The van der Waals surface area contributed by atoms with Crippen LogP contribution in [-0.2, 0) is 43.4 Å². The molecule has 0 amide bonds. The van der Waals surface area contributed by atoms with Gasteiger partial charge in [-0.15, -0.1) is 0 Å². The molecule has 0 aromatic carbocycles. The Bertz CT molecular complexity index is 71.2. The van der Waals surface area contributed by atoms with E-state index in [1.807, 2.05) is 0 Å². The van der Waals surface area contributed by atoms with Crippen molar-refractivity contribution in [2.45, 2.75) is 52.9 Å². The maximum atomic E-state index is 7.61. The van der Waals surface area contributed by atoms with Crippen molar-refractivity contribution < 1.29 is 101 Å². The maximum Gasteiger partial charge on any atom is 0.148 e. The van der Waals surface area contributed by atoms with E-state index >= 15 is 0 Å². The fourth-order valence-corrected chi connectivity index (χ4v) is 0.